The molecule has 2 heterocycles. The topological polar surface area (TPSA) is 33.7 Å². The lowest BCUT2D eigenvalue weighted by Crippen LogP contribution is -2.45. The molecule has 21 heavy (non-hydrogen) atoms. The highest BCUT2D eigenvalue weighted by molar-refractivity contribution is 5.63. The summed E-state index contributed by atoms with van der Waals surface area (Å²) < 4.78 is 11.9. The molecule has 4 heteroatoms. The van der Waals surface area contributed by atoms with Crippen LogP contribution in [0, 0.1) is 0 Å². The molecule has 1 atom stereocenters. The second-order valence-electron chi connectivity index (χ2n) is 5.93. The first kappa shape index (κ1) is 14.7. The Hall–Kier alpha value is -1.26. The van der Waals surface area contributed by atoms with E-state index in [1.54, 1.807) is 0 Å². The maximum Gasteiger partial charge on any atom is 0.142 e. The summed E-state index contributed by atoms with van der Waals surface area (Å²) >= 11 is 0. The lowest BCUT2D eigenvalue weighted by Gasteiger charge is -2.32. The molecule has 1 unspecified atom stereocenters. The highest BCUT2D eigenvalue weighted by Gasteiger charge is 2.21. The van der Waals surface area contributed by atoms with Crippen LogP contribution in [0.2, 0.25) is 0 Å². The molecule has 0 amide bonds. The summed E-state index contributed by atoms with van der Waals surface area (Å²) in [6.45, 7) is 7.91. The molecule has 2 aliphatic heterocycles. The van der Waals surface area contributed by atoms with Crippen LogP contribution in [0.3, 0.4) is 0 Å². The van der Waals surface area contributed by atoms with E-state index >= 15 is 0 Å². The predicted molar refractivity (Wildman–Crippen MR) is 85.2 cm³/mol. The van der Waals surface area contributed by atoms with Crippen LogP contribution in [0.15, 0.2) is 18.2 Å². The second kappa shape index (κ2) is 7.14. The van der Waals surface area contributed by atoms with E-state index in [9.17, 15) is 0 Å². The van der Waals surface area contributed by atoms with Crippen molar-refractivity contribution in [2.45, 2.75) is 32.3 Å². The van der Waals surface area contributed by atoms with Crippen LogP contribution >= 0.6 is 0 Å². The van der Waals surface area contributed by atoms with Crippen molar-refractivity contribution in [1.29, 1.82) is 0 Å². The number of hydrogen-bond acceptors (Lipinski definition) is 4. The monoisotopic (exact) mass is 290 g/mol. The van der Waals surface area contributed by atoms with Crippen molar-refractivity contribution in [3.63, 3.8) is 0 Å². The molecule has 3 rings (SSSR count). The van der Waals surface area contributed by atoms with Gasteiger partial charge < -0.3 is 14.8 Å². The third-order valence-electron chi connectivity index (χ3n) is 4.22. The Bertz CT molecular complexity index is 462. The third-order valence-corrected chi connectivity index (χ3v) is 4.22. The van der Waals surface area contributed by atoms with Crippen LogP contribution in [0.4, 0.5) is 5.69 Å². The Morgan fingerprint density at radius 3 is 3.29 bits per heavy atom. The van der Waals surface area contributed by atoms with Gasteiger partial charge in [0.15, 0.2) is 0 Å². The van der Waals surface area contributed by atoms with E-state index in [1.807, 2.05) is 0 Å². The molecular formula is C17H26N2O2. The molecule has 1 saturated heterocycles. The maximum atomic E-state index is 6.06. The summed E-state index contributed by atoms with van der Waals surface area (Å²) in [5.41, 5.74) is 2.56. The molecule has 0 spiro atoms. The summed E-state index contributed by atoms with van der Waals surface area (Å²) in [5, 5.41) is 3.47. The minimum atomic E-state index is 0.185. The predicted octanol–water partition coefficient (Wildman–Crippen LogP) is 2.53. The Balaban J connectivity index is 1.57. The van der Waals surface area contributed by atoms with Gasteiger partial charge in [-0.15, -0.1) is 0 Å². The second-order valence-corrected chi connectivity index (χ2v) is 5.93. The van der Waals surface area contributed by atoms with E-state index in [4.69, 9.17) is 9.47 Å². The molecule has 1 fully saturated rings. The number of ether oxygens (including phenoxy) is 2. The number of aryl methyl sites for hydroxylation is 1. The van der Waals surface area contributed by atoms with Crippen molar-refractivity contribution in [2.24, 2.45) is 0 Å². The quantitative estimate of drug-likeness (QED) is 0.903. The van der Waals surface area contributed by atoms with Gasteiger partial charge in [-0.05, 0) is 37.4 Å². The fraction of sp³-hybridized carbons (Fsp3) is 0.647. The highest BCUT2D eigenvalue weighted by atomic mass is 16.5. The van der Waals surface area contributed by atoms with E-state index in [2.05, 4.69) is 35.3 Å². The largest absolute Gasteiger partial charge is 0.489 e. The molecule has 0 bridgehead atoms. The Morgan fingerprint density at radius 2 is 2.38 bits per heavy atom. The molecular weight excluding hydrogens is 264 g/mol. The van der Waals surface area contributed by atoms with E-state index in [0.29, 0.717) is 6.61 Å². The van der Waals surface area contributed by atoms with Crippen LogP contribution in [0.25, 0.3) is 0 Å². The number of rotatable bonds is 5. The zero-order valence-electron chi connectivity index (χ0n) is 12.9. The summed E-state index contributed by atoms with van der Waals surface area (Å²) in [4.78, 5) is 2.47. The number of anilines is 1. The minimum Gasteiger partial charge on any atom is -0.489 e. The molecule has 0 aromatic heterocycles. The first-order valence-corrected chi connectivity index (χ1v) is 8.19. The van der Waals surface area contributed by atoms with Gasteiger partial charge in [-0.2, -0.15) is 0 Å². The van der Waals surface area contributed by atoms with Crippen molar-refractivity contribution in [3.05, 3.63) is 23.8 Å². The van der Waals surface area contributed by atoms with Crippen molar-refractivity contribution >= 4 is 5.69 Å². The first-order valence-electron chi connectivity index (χ1n) is 8.19. The highest BCUT2D eigenvalue weighted by Crippen LogP contribution is 2.32. The Morgan fingerprint density at radius 1 is 1.43 bits per heavy atom. The molecule has 1 aromatic rings. The molecule has 1 N–H and O–H groups in total. The minimum absolute atomic E-state index is 0.185. The summed E-state index contributed by atoms with van der Waals surface area (Å²) in [6, 6.07) is 6.34. The van der Waals surface area contributed by atoms with E-state index in [1.165, 1.54) is 24.1 Å². The number of benzene rings is 1. The normalized spacial score (nSPS) is 22.4. The smallest absolute Gasteiger partial charge is 0.142 e. The van der Waals surface area contributed by atoms with Crippen molar-refractivity contribution < 1.29 is 9.47 Å². The van der Waals surface area contributed by atoms with Gasteiger partial charge in [-0.3, -0.25) is 4.90 Å². The number of para-hydroxylation sites is 1. The van der Waals surface area contributed by atoms with Crippen LogP contribution < -0.4 is 10.1 Å². The van der Waals surface area contributed by atoms with Gasteiger partial charge in [0.1, 0.15) is 18.5 Å². The molecule has 1 aromatic carbocycles. The van der Waals surface area contributed by atoms with Crippen LogP contribution in [0.5, 0.6) is 5.75 Å². The zero-order chi connectivity index (χ0) is 14.5. The molecule has 116 valence electrons. The van der Waals surface area contributed by atoms with E-state index < -0.39 is 0 Å². The van der Waals surface area contributed by atoms with Gasteiger partial charge in [0.05, 0.1) is 12.3 Å². The van der Waals surface area contributed by atoms with E-state index in [-0.39, 0.29) is 6.10 Å². The molecule has 0 aliphatic carbocycles. The summed E-state index contributed by atoms with van der Waals surface area (Å²) in [7, 11) is 0. The van der Waals surface area contributed by atoms with Gasteiger partial charge in [0.2, 0.25) is 0 Å². The fourth-order valence-corrected chi connectivity index (χ4v) is 3.18. The van der Waals surface area contributed by atoms with Gasteiger partial charge in [0.25, 0.3) is 0 Å². The fourth-order valence-electron chi connectivity index (χ4n) is 3.18. The Labute approximate surface area is 127 Å². The number of hydrogen-bond donors (Lipinski definition) is 1. The lowest BCUT2D eigenvalue weighted by atomic mass is 10.0. The molecule has 2 aliphatic rings. The standard InChI is InChI=1S/C17H26N2O2/c1-2-9-19-10-11-20-15(12-19)13-21-16-7-3-5-14-6-4-8-18-17(14)16/h3,5,7,15,18H,2,4,6,8-13H2,1H3. The van der Waals surface area contributed by atoms with E-state index in [0.717, 1.165) is 45.0 Å². The van der Waals surface area contributed by atoms with Gasteiger partial charge in [0, 0.05) is 19.6 Å². The molecule has 0 saturated carbocycles. The average molecular weight is 290 g/mol. The summed E-state index contributed by atoms with van der Waals surface area (Å²) in [5.74, 6) is 0.975. The van der Waals surface area contributed by atoms with Gasteiger partial charge in [-0.25, -0.2) is 0 Å². The van der Waals surface area contributed by atoms with Crippen LogP contribution in [-0.2, 0) is 11.2 Å². The number of fused-ring (bicyclic) bond motifs is 1. The number of nitrogens with zero attached hydrogens (tertiary/aromatic N) is 1. The summed E-state index contributed by atoms with van der Waals surface area (Å²) in [6.07, 6.45) is 3.73. The molecule has 4 nitrogen and oxygen atoms in total. The van der Waals surface area contributed by atoms with Crippen molar-refractivity contribution in [3.8, 4) is 5.75 Å². The first-order chi connectivity index (χ1) is 10.4. The van der Waals surface area contributed by atoms with Gasteiger partial charge >= 0.3 is 0 Å². The average Bonchev–Trinajstić information content (AvgIpc) is 2.53. The maximum absolute atomic E-state index is 6.06. The van der Waals surface area contributed by atoms with Crippen LogP contribution in [-0.4, -0.2) is 50.4 Å². The van der Waals surface area contributed by atoms with Gasteiger partial charge in [-0.1, -0.05) is 19.1 Å². The third kappa shape index (κ3) is 3.69. The SMILES string of the molecule is CCCN1CCOC(COc2cccc3c2NCCC3)C1. The molecule has 0 radical (unpaired) electrons. The van der Waals surface area contributed by atoms with Crippen molar-refractivity contribution in [2.75, 3.05) is 44.7 Å². The van der Waals surface area contributed by atoms with Crippen molar-refractivity contribution in [1.82, 2.24) is 4.90 Å². The number of nitrogens with one attached hydrogen (secondary N) is 1. The Kier molecular flexibility index (Phi) is 4.99. The van der Waals surface area contributed by atoms with Crippen LogP contribution in [0.1, 0.15) is 25.3 Å². The number of morpholine rings is 1. The zero-order valence-corrected chi connectivity index (χ0v) is 12.9. The lowest BCUT2D eigenvalue weighted by molar-refractivity contribution is -0.0477.